The second-order valence-electron chi connectivity index (χ2n) is 7.03. The number of anilines is 1. The van der Waals surface area contributed by atoms with Crippen LogP contribution in [0.2, 0.25) is 0 Å². The minimum atomic E-state index is -0.418. The molecule has 1 saturated heterocycles. The minimum Gasteiger partial charge on any atom is -0.366 e. The standard InChI is InChI=1S/C22H21FN4O2/c1-15(28)17-7-8-20(19(23)13-17)26-9-11-27(12-10-26)22(29)18-14-24-25-21(18)16-5-3-2-4-6-16/h2-8,13-14H,9-12H2,1H3,(H,24,25). The largest absolute Gasteiger partial charge is 0.366 e. The molecule has 1 N–H and O–H groups in total. The summed E-state index contributed by atoms with van der Waals surface area (Å²) < 4.78 is 14.4. The normalized spacial score (nSPS) is 14.1. The quantitative estimate of drug-likeness (QED) is 0.691. The van der Waals surface area contributed by atoms with E-state index in [9.17, 15) is 14.0 Å². The lowest BCUT2D eigenvalue weighted by atomic mass is 10.1. The van der Waals surface area contributed by atoms with Gasteiger partial charge in [-0.05, 0) is 25.1 Å². The van der Waals surface area contributed by atoms with Crippen molar-refractivity contribution in [3.63, 3.8) is 0 Å². The van der Waals surface area contributed by atoms with Crippen molar-refractivity contribution in [3.8, 4) is 11.3 Å². The molecule has 1 aromatic heterocycles. The van der Waals surface area contributed by atoms with Crippen LogP contribution in [0.5, 0.6) is 0 Å². The van der Waals surface area contributed by atoms with E-state index in [0.29, 0.717) is 48.7 Å². The van der Waals surface area contributed by atoms with Gasteiger partial charge in [0.05, 0.1) is 23.1 Å². The number of Topliss-reactive ketones (excluding diaryl/α,β-unsaturated/α-hetero) is 1. The van der Waals surface area contributed by atoms with Gasteiger partial charge in [-0.15, -0.1) is 0 Å². The summed E-state index contributed by atoms with van der Waals surface area (Å²) in [5.74, 6) is -0.677. The molecule has 0 radical (unpaired) electrons. The van der Waals surface area contributed by atoms with Crippen molar-refractivity contribution in [2.24, 2.45) is 0 Å². The fraction of sp³-hybridized carbons (Fsp3) is 0.227. The van der Waals surface area contributed by atoms with E-state index in [0.717, 1.165) is 5.56 Å². The number of piperazine rings is 1. The number of halogens is 1. The molecule has 1 fully saturated rings. The predicted octanol–water partition coefficient (Wildman–Crippen LogP) is 3.38. The number of aromatic amines is 1. The number of carbonyl (C=O) groups is 2. The fourth-order valence-electron chi connectivity index (χ4n) is 3.58. The van der Waals surface area contributed by atoms with E-state index in [1.54, 1.807) is 23.2 Å². The summed E-state index contributed by atoms with van der Waals surface area (Å²) >= 11 is 0. The number of H-pyrrole nitrogens is 1. The number of rotatable bonds is 4. The molecule has 1 amide bonds. The number of ketones is 1. The fourth-order valence-corrected chi connectivity index (χ4v) is 3.58. The van der Waals surface area contributed by atoms with Gasteiger partial charge in [-0.1, -0.05) is 30.3 Å². The van der Waals surface area contributed by atoms with Crippen molar-refractivity contribution >= 4 is 17.4 Å². The molecule has 0 saturated carbocycles. The number of nitrogens with one attached hydrogen (secondary N) is 1. The molecular weight excluding hydrogens is 371 g/mol. The van der Waals surface area contributed by atoms with E-state index in [4.69, 9.17) is 0 Å². The Kier molecular flexibility index (Phi) is 5.12. The molecular formula is C22H21FN4O2. The lowest BCUT2D eigenvalue weighted by molar-refractivity contribution is 0.0747. The molecule has 4 rings (SSSR count). The van der Waals surface area contributed by atoms with Gasteiger partial charge in [-0.25, -0.2) is 4.39 Å². The second-order valence-corrected chi connectivity index (χ2v) is 7.03. The maximum Gasteiger partial charge on any atom is 0.257 e. The molecule has 2 aromatic carbocycles. The minimum absolute atomic E-state index is 0.0929. The van der Waals surface area contributed by atoms with Gasteiger partial charge in [0.15, 0.2) is 5.78 Å². The van der Waals surface area contributed by atoms with Gasteiger partial charge in [0.2, 0.25) is 0 Å². The highest BCUT2D eigenvalue weighted by molar-refractivity contribution is 6.00. The van der Waals surface area contributed by atoms with Crippen LogP contribution in [0.4, 0.5) is 10.1 Å². The summed E-state index contributed by atoms with van der Waals surface area (Å²) in [6.07, 6.45) is 1.55. The number of benzene rings is 2. The highest BCUT2D eigenvalue weighted by Crippen LogP contribution is 2.25. The van der Waals surface area contributed by atoms with E-state index in [2.05, 4.69) is 10.2 Å². The van der Waals surface area contributed by atoms with Gasteiger partial charge in [0, 0.05) is 37.3 Å². The van der Waals surface area contributed by atoms with Gasteiger partial charge >= 0.3 is 0 Å². The molecule has 0 spiro atoms. The maximum atomic E-state index is 14.4. The van der Waals surface area contributed by atoms with Crippen LogP contribution in [0.1, 0.15) is 27.6 Å². The summed E-state index contributed by atoms with van der Waals surface area (Å²) in [6, 6.07) is 14.1. The van der Waals surface area contributed by atoms with Crippen LogP contribution in [0.15, 0.2) is 54.7 Å². The molecule has 148 valence electrons. The average Bonchev–Trinajstić information content (AvgIpc) is 3.24. The lowest BCUT2D eigenvalue weighted by Crippen LogP contribution is -2.49. The Morgan fingerprint density at radius 1 is 1.03 bits per heavy atom. The highest BCUT2D eigenvalue weighted by atomic mass is 19.1. The van der Waals surface area contributed by atoms with Crippen molar-refractivity contribution < 1.29 is 14.0 Å². The first-order chi connectivity index (χ1) is 14.0. The molecule has 3 aromatic rings. The average molecular weight is 392 g/mol. The Morgan fingerprint density at radius 3 is 2.41 bits per heavy atom. The zero-order chi connectivity index (χ0) is 20.4. The molecule has 1 aliphatic rings. The Morgan fingerprint density at radius 2 is 1.76 bits per heavy atom. The van der Waals surface area contributed by atoms with Crippen molar-refractivity contribution in [3.05, 3.63) is 71.7 Å². The van der Waals surface area contributed by atoms with Crippen LogP contribution >= 0.6 is 0 Å². The van der Waals surface area contributed by atoms with Crippen molar-refractivity contribution in [2.75, 3.05) is 31.1 Å². The van der Waals surface area contributed by atoms with E-state index in [-0.39, 0.29) is 11.7 Å². The van der Waals surface area contributed by atoms with Crippen LogP contribution in [0.3, 0.4) is 0 Å². The van der Waals surface area contributed by atoms with Gasteiger partial charge in [0.1, 0.15) is 5.82 Å². The molecule has 0 unspecified atom stereocenters. The van der Waals surface area contributed by atoms with Crippen molar-refractivity contribution in [1.82, 2.24) is 15.1 Å². The Bertz CT molecular complexity index is 1040. The Hall–Kier alpha value is -3.48. The SMILES string of the molecule is CC(=O)c1ccc(N2CCN(C(=O)c3cn[nH]c3-c3ccccc3)CC2)c(F)c1. The predicted molar refractivity (Wildman–Crippen MR) is 109 cm³/mol. The highest BCUT2D eigenvalue weighted by Gasteiger charge is 2.26. The summed E-state index contributed by atoms with van der Waals surface area (Å²) in [4.78, 5) is 28.1. The number of hydrogen-bond donors (Lipinski definition) is 1. The lowest BCUT2D eigenvalue weighted by Gasteiger charge is -2.36. The Labute approximate surface area is 167 Å². The van der Waals surface area contributed by atoms with Crippen LogP contribution in [-0.4, -0.2) is 53.0 Å². The number of carbonyl (C=O) groups excluding carboxylic acids is 2. The number of hydrogen-bond acceptors (Lipinski definition) is 4. The third-order valence-electron chi connectivity index (χ3n) is 5.19. The summed E-state index contributed by atoms with van der Waals surface area (Å²) in [5, 5.41) is 6.96. The van der Waals surface area contributed by atoms with Crippen LogP contribution in [0.25, 0.3) is 11.3 Å². The van der Waals surface area contributed by atoms with Crippen molar-refractivity contribution in [1.29, 1.82) is 0 Å². The summed E-state index contributed by atoms with van der Waals surface area (Å²) in [7, 11) is 0. The third-order valence-corrected chi connectivity index (χ3v) is 5.19. The van der Waals surface area contributed by atoms with E-state index in [1.165, 1.54) is 13.0 Å². The molecule has 0 bridgehead atoms. The van der Waals surface area contributed by atoms with Gasteiger partial charge in [-0.2, -0.15) is 5.10 Å². The molecule has 0 aliphatic carbocycles. The third kappa shape index (κ3) is 3.76. The molecule has 6 nitrogen and oxygen atoms in total. The molecule has 1 aliphatic heterocycles. The second kappa shape index (κ2) is 7.87. The zero-order valence-corrected chi connectivity index (χ0v) is 16.1. The van der Waals surface area contributed by atoms with Crippen LogP contribution in [-0.2, 0) is 0 Å². The van der Waals surface area contributed by atoms with Crippen LogP contribution in [0, 0.1) is 5.82 Å². The maximum absolute atomic E-state index is 14.4. The molecule has 2 heterocycles. The van der Waals surface area contributed by atoms with Crippen LogP contribution < -0.4 is 4.90 Å². The van der Waals surface area contributed by atoms with Gasteiger partial charge in [0.25, 0.3) is 5.91 Å². The summed E-state index contributed by atoms with van der Waals surface area (Å²) in [6.45, 7) is 3.40. The summed E-state index contributed by atoms with van der Waals surface area (Å²) in [5.41, 5.74) is 2.94. The number of aromatic nitrogens is 2. The first kappa shape index (κ1) is 18.9. The Balaban J connectivity index is 1.46. The zero-order valence-electron chi connectivity index (χ0n) is 16.1. The first-order valence-corrected chi connectivity index (χ1v) is 9.48. The molecule has 7 heteroatoms. The number of amides is 1. The molecule has 29 heavy (non-hydrogen) atoms. The van der Waals surface area contributed by atoms with E-state index < -0.39 is 5.82 Å². The van der Waals surface area contributed by atoms with Gasteiger partial charge < -0.3 is 9.80 Å². The van der Waals surface area contributed by atoms with E-state index >= 15 is 0 Å². The van der Waals surface area contributed by atoms with E-state index in [1.807, 2.05) is 35.2 Å². The monoisotopic (exact) mass is 392 g/mol. The molecule has 0 atom stereocenters. The smallest absolute Gasteiger partial charge is 0.257 e. The topological polar surface area (TPSA) is 69.3 Å². The first-order valence-electron chi connectivity index (χ1n) is 9.48. The van der Waals surface area contributed by atoms with Gasteiger partial charge in [-0.3, -0.25) is 14.7 Å². The van der Waals surface area contributed by atoms with Crippen molar-refractivity contribution in [2.45, 2.75) is 6.92 Å². The number of nitrogens with zero attached hydrogens (tertiary/aromatic N) is 3.